The Morgan fingerprint density at radius 1 is 1.56 bits per heavy atom. The fourth-order valence-electron chi connectivity index (χ4n) is 0.455. The molecule has 0 radical (unpaired) electrons. The summed E-state index contributed by atoms with van der Waals surface area (Å²) in [6.07, 6.45) is 0. The second kappa shape index (κ2) is 5.95. The molecule has 0 bridgehead atoms. The van der Waals surface area contributed by atoms with Gasteiger partial charge in [0.05, 0.1) is 5.75 Å². The number of nitrogens with two attached hydrogens (primary N) is 1. The third-order valence-corrected chi connectivity index (χ3v) is 1.72. The van der Waals surface area contributed by atoms with E-state index in [1.807, 2.05) is 6.92 Å². The quantitative estimate of drug-likeness (QED) is 0.477. The third kappa shape index (κ3) is 5.69. The average Bonchev–Trinajstić information content (AvgIpc) is 1.85. The first-order valence-corrected chi connectivity index (χ1v) is 4.33. The van der Waals surface area contributed by atoms with Crippen molar-refractivity contribution in [2.24, 2.45) is 10.7 Å². The van der Waals surface area contributed by atoms with Crippen molar-refractivity contribution in [3.8, 4) is 0 Å². The summed E-state index contributed by atoms with van der Waals surface area (Å²) in [5.74, 6) is 2.76. The molecule has 2 nitrogen and oxygen atoms in total. The highest BCUT2D eigenvalue weighted by Crippen LogP contribution is 1.96. The molecule has 0 aliphatic rings. The Kier molecular flexibility index (Phi) is 5.83. The average molecular weight is 146 g/mol. The molecule has 0 aliphatic carbocycles. The van der Waals surface area contributed by atoms with Crippen LogP contribution in [0, 0.1) is 0 Å². The highest BCUT2D eigenvalue weighted by molar-refractivity contribution is 7.99. The van der Waals surface area contributed by atoms with Gasteiger partial charge in [-0.2, -0.15) is 11.8 Å². The lowest BCUT2D eigenvalue weighted by Gasteiger charge is -1.95. The van der Waals surface area contributed by atoms with E-state index in [0.717, 1.165) is 23.9 Å². The first kappa shape index (κ1) is 8.82. The van der Waals surface area contributed by atoms with Crippen molar-refractivity contribution in [3.63, 3.8) is 0 Å². The first-order chi connectivity index (χ1) is 4.31. The molecule has 9 heavy (non-hydrogen) atoms. The molecule has 0 heterocycles. The van der Waals surface area contributed by atoms with E-state index in [1.54, 1.807) is 11.8 Å². The van der Waals surface area contributed by atoms with Crippen molar-refractivity contribution in [2.75, 3.05) is 18.1 Å². The van der Waals surface area contributed by atoms with E-state index in [-0.39, 0.29) is 0 Å². The lowest BCUT2D eigenvalue weighted by atomic mass is 10.7. The highest BCUT2D eigenvalue weighted by atomic mass is 32.2. The number of rotatable bonds is 4. The van der Waals surface area contributed by atoms with Crippen molar-refractivity contribution >= 4 is 17.6 Å². The van der Waals surface area contributed by atoms with Crippen molar-refractivity contribution in [1.82, 2.24) is 0 Å². The van der Waals surface area contributed by atoms with Crippen LogP contribution in [0.3, 0.4) is 0 Å². The lowest BCUT2D eigenvalue weighted by molar-refractivity contribution is 1.12. The third-order valence-electron chi connectivity index (χ3n) is 0.815. The second-order valence-corrected chi connectivity index (χ2v) is 2.88. The monoisotopic (exact) mass is 146 g/mol. The zero-order chi connectivity index (χ0) is 7.11. The van der Waals surface area contributed by atoms with Gasteiger partial charge in [0.2, 0.25) is 0 Å². The summed E-state index contributed by atoms with van der Waals surface area (Å²) in [4.78, 5) is 4.04. The maximum atomic E-state index is 5.50. The topological polar surface area (TPSA) is 38.4 Å². The molecule has 0 rings (SSSR count). The van der Waals surface area contributed by atoms with E-state index in [4.69, 9.17) is 5.73 Å². The van der Waals surface area contributed by atoms with Gasteiger partial charge in [-0.3, -0.25) is 4.99 Å². The van der Waals surface area contributed by atoms with Crippen molar-refractivity contribution in [2.45, 2.75) is 13.8 Å². The summed E-state index contributed by atoms with van der Waals surface area (Å²) >= 11 is 1.80. The minimum absolute atomic E-state index is 0.768. The van der Waals surface area contributed by atoms with Gasteiger partial charge in [0.15, 0.2) is 0 Å². The van der Waals surface area contributed by atoms with Crippen LogP contribution in [0.25, 0.3) is 0 Å². The molecule has 54 valence electrons. The Labute approximate surface area is 60.9 Å². The van der Waals surface area contributed by atoms with Gasteiger partial charge in [-0.25, -0.2) is 0 Å². The largest absolute Gasteiger partial charge is 0.387 e. The van der Waals surface area contributed by atoms with E-state index in [1.165, 1.54) is 0 Å². The Bertz CT molecular complexity index is 91.1. The van der Waals surface area contributed by atoms with Gasteiger partial charge >= 0.3 is 0 Å². The van der Waals surface area contributed by atoms with Gasteiger partial charge in [0, 0.05) is 6.54 Å². The molecular weight excluding hydrogens is 132 g/mol. The molecule has 0 unspecified atom stereocenters. The standard InChI is InChI=1S/C6H14N2S/c1-3-8-6(7)5-9-4-2/h3-5H2,1-2H3,(H2,7,8). The molecule has 0 spiro atoms. The van der Waals surface area contributed by atoms with Crippen molar-refractivity contribution in [3.05, 3.63) is 0 Å². The summed E-state index contributed by atoms with van der Waals surface area (Å²) in [6.45, 7) is 4.91. The summed E-state index contributed by atoms with van der Waals surface area (Å²) < 4.78 is 0. The summed E-state index contributed by atoms with van der Waals surface area (Å²) in [5, 5.41) is 0. The molecule has 0 amide bonds. The lowest BCUT2D eigenvalue weighted by Crippen LogP contribution is -2.14. The maximum Gasteiger partial charge on any atom is 0.104 e. The molecule has 0 aromatic carbocycles. The second-order valence-electron chi connectivity index (χ2n) is 1.60. The number of hydrogen-bond donors (Lipinski definition) is 1. The molecule has 0 aromatic heterocycles. The molecule has 2 N–H and O–H groups in total. The van der Waals surface area contributed by atoms with E-state index >= 15 is 0 Å². The van der Waals surface area contributed by atoms with Gasteiger partial charge in [-0.1, -0.05) is 6.92 Å². The summed E-state index contributed by atoms with van der Waals surface area (Å²) in [6, 6.07) is 0. The number of aliphatic imine (C=N–C) groups is 1. The maximum absolute atomic E-state index is 5.50. The van der Waals surface area contributed by atoms with E-state index < -0.39 is 0 Å². The summed E-state index contributed by atoms with van der Waals surface area (Å²) in [7, 11) is 0. The van der Waals surface area contributed by atoms with Crippen LogP contribution in [0.5, 0.6) is 0 Å². The van der Waals surface area contributed by atoms with Crippen LogP contribution in [0.15, 0.2) is 4.99 Å². The van der Waals surface area contributed by atoms with E-state index in [2.05, 4.69) is 11.9 Å². The minimum atomic E-state index is 0.768. The van der Waals surface area contributed by atoms with E-state index in [0.29, 0.717) is 0 Å². The molecule has 0 aromatic rings. The van der Waals surface area contributed by atoms with Crippen LogP contribution >= 0.6 is 11.8 Å². The van der Waals surface area contributed by atoms with E-state index in [9.17, 15) is 0 Å². The molecule has 0 fully saturated rings. The SMILES string of the molecule is CCN=C(N)CSCC. The van der Waals surface area contributed by atoms with Crippen LogP contribution in [0.4, 0.5) is 0 Å². The number of amidine groups is 1. The number of hydrogen-bond acceptors (Lipinski definition) is 2. The minimum Gasteiger partial charge on any atom is -0.387 e. The van der Waals surface area contributed by atoms with Gasteiger partial charge in [0.25, 0.3) is 0 Å². The van der Waals surface area contributed by atoms with Crippen molar-refractivity contribution < 1.29 is 0 Å². The van der Waals surface area contributed by atoms with Gasteiger partial charge in [-0.15, -0.1) is 0 Å². The summed E-state index contributed by atoms with van der Waals surface area (Å²) in [5.41, 5.74) is 5.50. The first-order valence-electron chi connectivity index (χ1n) is 3.17. The number of nitrogens with zero attached hydrogens (tertiary/aromatic N) is 1. The zero-order valence-corrected chi connectivity index (χ0v) is 6.87. The normalized spacial score (nSPS) is 12.0. The van der Waals surface area contributed by atoms with Crippen LogP contribution in [0.2, 0.25) is 0 Å². The van der Waals surface area contributed by atoms with Gasteiger partial charge < -0.3 is 5.73 Å². The molecule has 0 atom stereocenters. The predicted molar refractivity (Wildman–Crippen MR) is 45.2 cm³/mol. The molecular formula is C6H14N2S. The smallest absolute Gasteiger partial charge is 0.104 e. The fraction of sp³-hybridized carbons (Fsp3) is 0.833. The van der Waals surface area contributed by atoms with Crippen LogP contribution in [0.1, 0.15) is 13.8 Å². The predicted octanol–water partition coefficient (Wildman–Crippen LogP) is 1.12. The van der Waals surface area contributed by atoms with Crippen LogP contribution in [-0.2, 0) is 0 Å². The van der Waals surface area contributed by atoms with Gasteiger partial charge in [-0.05, 0) is 12.7 Å². The Morgan fingerprint density at radius 2 is 2.22 bits per heavy atom. The Balaban J connectivity index is 3.25. The highest BCUT2D eigenvalue weighted by Gasteiger charge is 1.87. The molecule has 0 saturated carbocycles. The Hall–Kier alpha value is -0.180. The van der Waals surface area contributed by atoms with Gasteiger partial charge in [0.1, 0.15) is 5.84 Å². The van der Waals surface area contributed by atoms with Crippen molar-refractivity contribution in [1.29, 1.82) is 0 Å². The zero-order valence-electron chi connectivity index (χ0n) is 6.05. The molecule has 0 saturated heterocycles. The fourth-order valence-corrected chi connectivity index (χ4v) is 0.960. The van der Waals surface area contributed by atoms with Crippen LogP contribution in [-0.4, -0.2) is 23.9 Å². The molecule has 0 aliphatic heterocycles. The molecule has 3 heteroatoms. The number of thioether (sulfide) groups is 1. The van der Waals surface area contributed by atoms with Crippen LogP contribution < -0.4 is 5.73 Å². The Morgan fingerprint density at radius 3 is 2.67 bits per heavy atom.